The Labute approximate surface area is 128 Å². The molecule has 116 valence electrons. The molecule has 2 unspecified atom stereocenters. The number of hydrogen-bond donors (Lipinski definition) is 3. The van der Waals surface area contributed by atoms with Crippen molar-refractivity contribution in [2.45, 2.75) is 18.7 Å². The van der Waals surface area contributed by atoms with Crippen LogP contribution in [0.1, 0.15) is 17.2 Å². The van der Waals surface area contributed by atoms with E-state index in [1.165, 1.54) is 24.3 Å². The van der Waals surface area contributed by atoms with E-state index >= 15 is 0 Å². The van der Waals surface area contributed by atoms with E-state index in [1.54, 1.807) is 0 Å². The third-order valence-electron chi connectivity index (χ3n) is 3.43. The van der Waals surface area contributed by atoms with Gasteiger partial charge in [-0.2, -0.15) is 0 Å². The fourth-order valence-corrected chi connectivity index (χ4v) is 2.15. The van der Waals surface area contributed by atoms with Gasteiger partial charge in [0, 0.05) is 18.7 Å². The predicted octanol–water partition coefficient (Wildman–Crippen LogP) is 1.78. The topological polar surface area (TPSA) is 95.6 Å². The predicted molar refractivity (Wildman–Crippen MR) is 82.2 cm³/mol. The summed E-state index contributed by atoms with van der Waals surface area (Å²) >= 11 is 0. The Kier molecular flexibility index (Phi) is 5.60. The van der Waals surface area contributed by atoms with Gasteiger partial charge in [-0.3, -0.25) is 10.1 Å². The lowest BCUT2D eigenvalue weighted by molar-refractivity contribution is -0.384. The highest BCUT2D eigenvalue weighted by atomic mass is 16.6. The van der Waals surface area contributed by atoms with Crippen LogP contribution in [0.2, 0.25) is 0 Å². The van der Waals surface area contributed by atoms with E-state index in [9.17, 15) is 20.3 Å². The number of nitro groups is 1. The normalized spacial score (nSPS) is 13.5. The van der Waals surface area contributed by atoms with Gasteiger partial charge in [-0.25, -0.2) is 0 Å². The van der Waals surface area contributed by atoms with E-state index < -0.39 is 17.1 Å². The molecule has 0 saturated heterocycles. The maximum Gasteiger partial charge on any atom is 0.269 e. The van der Waals surface area contributed by atoms with Gasteiger partial charge in [0.1, 0.15) is 0 Å². The number of aliphatic hydroxyl groups excluding tert-OH is 2. The minimum absolute atomic E-state index is 0.0336. The van der Waals surface area contributed by atoms with Crippen LogP contribution in [-0.4, -0.2) is 27.8 Å². The van der Waals surface area contributed by atoms with Crippen LogP contribution < -0.4 is 5.32 Å². The fraction of sp³-hybridized carbons (Fsp3) is 0.250. The molecule has 0 spiro atoms. The monoisotopic (exact) mass is 302 g/mol. The average Bonchev–Trinajstić information content (AvgIpc) is 2.56. The Balaban J connectivity index is 2.01. The summed E-state index contributed by atoms with van der Waals surface area (Å²) in [5.74, 6) is 0. The second-order valence-corrected chi connectivity index (χ2v) is 4.95. The summed E-state index contributed by atoms with van der Waals surface area (Å²) in [6.45, 7) is 0.265. The van der Waals surface area contributed by atoms with Gasteiger partial charge in [0.05, 0.1) is 23.7 Å². The lowest BCUT2D eigenvalue weighted by atomic mass is 10.0. The molecule has 0 aromatic heterocycles. The Morgan fingerprint density at radius 2 is 1.73 bits per heavy atom. The van der Waals surface area contributed by atoms with Crippen LogP contribution in [-0.2, 0) is 6.54 Å². The quantitative estimate of drug-likeness (QED) is 0.535. The number of nitrogens with zero attached hydrogens (tertiary/aromatic N) is 1. The van der Waals surface area contributed by atoms with Gasteiger partial charge >= 0.3 is 0 Å². The van der Waals surface area contributed by atoms with Crippen molar-refractivity contribution in [3.05, 3.63) is 75.8 Å². The fourth-order valence-electron chi connectivity index (χ4n) is 2.15. The number of aliphatic hydroxyl groups is 2. The molecule has 6 nitrogen and oxygen atoms in total. The second-order valence-electron chi connectivity index (χ2n) is 4.95. The molecule has 0 aliphatic heterocycles. The Morgan fingerprint density at radius 3 is 2.27 bits per heavy atom. The van der Waals surface area contributed by atoms with Crippen LogP contribution in [0.15, 0.2) is 54.6 Å². The van der Waals surface area contributed by atoms with Gasteiger partial charge in [-0.1, -0.05) is 30.3 Å². The summed E-state index contributed by atoms with van der Waals surface area (Å²) in [5, 5.41) is 33.5. The lowest BCUT2D eigenvalue weighted by Crippen LogP contribution is -2.37. The largest absolute Gasteiger partial charge is 0.395 e. The van der Waals surface area contributed by atoms with E-state index in [0.29, 0.717) is 12.1 Å². The van der Waals surface area contributed by atoms with Gasteiger partial charge < -0.3 is 15.5 Å². The standard InChI is InChI=1S/C16H18N2O4/c19-11-15(17-10-12-4-2-1-3-5-12)16(20)13-6-8-14(9-7-13)18(21)22/h1-9,15-17,19-20H,10-11H2. The highest BCUT2D eigenvalue weighted by Gasteiger charge is 2.20. The first kappa shape index (κ1) is 16.1. The molecular weight excluding hydrogens is 284 g/mol. The zero-order valence-electron chi connectivity index (χ0n) is 11.9. The molecule has 0 fully saturated rings. The minimum Gasteiger partial charge on any atom is -0.395 e. The van der Waals surface area contributed by atoms with Crippen molar-refractivity contribution < 1.29 is 15.1 Å². The lowest BCUT2D eigenvalue weighted by Gasteiger charge is -2.22. The molecule has 0 bridgehead atoms. The average molecular weight is 302 g/mol. The summed E-state index contributed by atoms with van der Waals surface area (Å²) in [7, 11) is 0. The molecule has 22 heavy (non-hydrogen) atoms. The van der Waals surface area contributed by atoms with E-state index in [2.05, 4.69) is 5.32 Å². The third-order valence-corrected chi connectivity index (χ3v) is 3.43. The maximum atomic E-state index is 10.6. The molecule has 2 atom stereocenters. The third kappa shape index (κ3) is 4.11. The smallest absolute Gasteiger partial charge is 0.269 e. The van der Waals surface area contributed by atoms with Gasteiger partial charge in [-0.05, 0) is 23.3 Å². The highest BCUT2D eigenvalue weighted by Crippen LogP contribution is 2.20. The SMILES string of the molecule is O=[N+]([O-])c1ccc(C(O)C(CO)NCc2ccccc2)cc1. The summed E-state index contributed by atoms with van der Waals surface area (Å²) < 4.78 is 0. The Hall–Kier alpha value is -2.28. The molecule has 0 aliphatic rings. The molecule has 0 saturated carbocycles. The molecule has 0 heterocycles. The van der Waals surface area contributed by atoms with E-state index in [1.807, 2.05) is 30.3 Å². The minimum atomic E-state index is -0.950. The zero-order valence-corrected chi connectivity index (χ0v) is 11.9. The first-order chi connectivity index (χ1) is 10.6. The van der Waals surface area contributed by atoms with E-state index in [-0.39, 0.29) is 12.3 Å². The number of nitrogens with one attached hydrogen (secondary N) is 1. The summed E-state index contributed by atoms with van der Waals surface area (Å²) in [4.78, 5) is 10.1. The van der Waals surface area contributed by atoms with E-state index in [4.69, 9.17) is 0 Å². The van der Waals surface area contributed by atoms with Crippen molar-refractivity contribution >= 4 is 5.69 Å². The van der Waals surface area contributed by atoms with Crippen LogP contribution in [0, 0.1) is 10.1 Å². The Morgan fingerprint density at radius 1 is 1.09 bits per heavy atom. The van der Waals surface area contributed by atoms with Crippen molar-refractivity contribution in [3.8, 4) is 0 Å². The molecular formula is C16H18N2O4. The van der Waals surface area contributed by atoms with Crippen molar-refractivity contribution in [2.75, 3.05) is 6.61 Å². The number of non-ortho nitro benzene ring substituents is 1. The van der Waals surface area contributed by atoms with E-state index in [0.717, 1.165) is 5.56 Å². The highest BCUT2D eigenvalue weighted by molar-refractivity contribution is 5.34. The van der Waals surface area contributed by atoms with Crippen molar-refractivity contribution in [2.24, 2.45) is 0 Å². The van der Waals surface area contributed by atoms with Crippen molar-refractivity contribution in [1.82, 2.24) is 5.32 Å². The Bertz CT molecular complexity index is 601. The second kappa shape index (κ2) is 7.65. The number of nitro benzene ring substituents is 1. The summed E-state index contributed by atoms with van der Waals surface area (Å²) in [6.07, 6.45) is -0.950. The van der Waals surface area contributed by atoms with Crippen molar-refractivity contribution in [3.63, 3.8) is 0 Å². The molecule has 2 aromatic carbocycles. The van der Waals surface area contributed by atoms with Crippen LogP contribution >= 0.6 is 0 Å². The summed E-state index contributed by atoms with van der Waals surface area (Å²) in [5.41, 5.74) is 1.52. The van der Waals surface area contributed by atoms with Crippen LogP contribution in [0.5, 0.6) is 0 Å². The molecule has 0 aliphatic carbocycles. The van der Waals surface area contributed by atoms with Crippen molar-refractivity contribution in [1.29, 1.82) is 0 Å². The van der Waals surface area contributed by atoms with Gasteiger partial charge in [0.25, 0.3) is 5.69 Å². The van der Waals surface area contributed by atoms with Crippen LogP contribution in [0.3, 0.4) is 0 Å². The molecule has 2 rings (SSSR count). The van der Waals surface area contributed by atoms with Gasteiger partial charge in [-0.15, -0.1) is 0 Å². The maximum absolute atomic E-state index is 10.6. The molecule has 3 N–H and O–H groups in total. The first-order valence-corrected chi connectivity index (χ1v) is 6.92. The first-order valence-electron chi connectivity index (χ1n) is 6.92. The molecule has 2 aromatic rings. The molecule has 6 heteroatoms. The number of hydrogen-bond acceptors (Lipinski definition) is 5. The molecule has 0 amide bonds. The zero-order chi connectivity index (χ0) is 15.9. The van der Waals surface area contributed by atoms with Crippen LogP contribution in [0.25, 0.3) is 0 Å². The van der Waals surface area contributed by atoms with Gasteiger partial charge in [0.2, 0.25) is 0 Å². The molecule has 0 radical (unpaired) electrons. The van der Waals surface area contributed by atoms with Crippen LogP contribution in [0.4, 0.5) is 5.69 Å². The number of rotatable bonds is 7. The number of benzene rings is 2. The summed E-state index contributed by atoms with van der Waals surface area (Å²) in [6, 6.07) is 14.7. The van der Waals surface area contributed by atoms with Gasteiger partial charge in [0.15, 0.2) is 0 Å².